The van der Waals surface area contributed by atoms with Crippen molar-refractivity contribution in [1.29, 1.82) is 0 Å². The highest BCUT2D eigenvalue weighted by atomic mass is 16.4. The van der Waals surface area contributed by atoms with Crippen molar-refractivity contribution in [3.05, 3.63) is 18.0 Å². The maximum atomic E-state index is 10.4. The van der Waals surface area contributed by atoms with Crippen molar-refractivity contribution < 1.29 is 9.90 Å². The number of aromatic nitrogens is 2. The number of aryl methyl sites for hydroxylation is 1. The molecule has 0 saturated carbocycles. The predicted octanol–water partition coefficient (Wildman–Crippen LogP) is -1.04. The van der Waals surface area contributed by atoms with Gasteiger partial charge < -0.3 is 16.2 Å². The summed E-state index contributed by atoms with van der Waals surface area (Å²) < 4.78 is 1.73. The van der Waals surface area contributed by atoms with Gasteiger partial charge in [0.25, 0.3) is 0 Å². The molecule has 84 valence electrons. The molecule has 4 N–H and O–H groups in total. The normalized spacial score (nSPS) is 12.7. The molecule has 0 spiro atoms. The van der Waals surface area contributed by atoms with Gasteiger partial charge in [-0.05, 0) is 6.07 Å². The molecule has 0 saturated heterocycles. The van der Waals surface area contributed by atoms with E-state index < -0.39 is 12.0 Å². The number of nitrogens with one attached hydrogen (secondary N) is 1. The highest BCUT2D eigenvalue weighted by Crippen LogP contribution is 1.93. The Kier molecular flexibility index (Phi) is 4.26. The molecule has 1 rings (SSSR count). The Hall–Kier alpha value is -1.40. The summed E-state index contributed by atoms with van der Waals surface area (Å²) in [5.41, 5.74) is 6.30. The van der Waals surface area contributed by atoms with Crippen LogP contribution in [0.4, 0.5) is 0 Å². The van der Waals surface area contributed by atoms with Crippen molar-refractivity contribution >= 4 is 5.97 Å². The van der Waals surface area contributed by atoms with Gasteiger partial charge in [-0.1, -0.05) is 0 Å². The minimum Gasteiger partial charge on any atom is -0.480 e. The molecule has 15 heavy (non-hydrogen) atoms. The Labute approximate surface area is 88.1 Å². The second-order valence-corrected chi connectivity index (χ2v) is 3.38. The summed E-state index contributed by atoms with van der Waals surface area (Å²) in [4.78, 5) is 10.4. The molecule has 0 fully saturated rings. The smallest absolute Gasteiger partial charge is 0.321 e. The molecule has 1 aromatic heterocycles. The Bertz CT molecular complexity index is 324. The van der Waals surface area contributed by atoms with E-state index in [1.807, 2.05) is 19.3 Å². The molecule has 1 unspecified atom stereocenters. The van der Waals surface area contributed by atoms with Gasteiger partial charge in [0.15, 0.2) is 0 Å². The zero-order chi connectivity index (χ0) is 11.3. The lowest BCUT2D eigenvalue weighted by Crippen LogP contribution is -2.40. The number of nitrogens with zero attached hydrogens (tertiary/aromatic N) is 2. The van der Waals surface area contributed by atoms with Crippen LogP contribution in [-0.2, 0) is 18.3 Å². The molecule has 0 aliphatic carbocycles. The average molecular weight is 212 g/mol. The lowest BCUT2D eigenvalue weighted by atomic mass is 10.3. The van der Waals surface area contributed by atoms with Crippen LogP contribution in [-0.4, -0.2) is 40.0 Å². The summed E-state index contributed by atoms with van der Waals surface area (Å²) >= 11 is 0. The van der Waals surface area contributed by atoms with Crippen LogP contribution >= 0.6 is 0 Å². The Morgan fingerprint density at radius 1 is 1.80 bits per heavy atom. The SMILES string of the molecule is Cn1ccc(CCNCC(N)C(=O)O)n1. The third-order valence-electron chi connectivity index (χ3n) is 2.01. The van der Waals surface area contributed by atoms with Crippen LogP contribution in [0.5, 0.6) is 0 Å². The van der Waals surface area contributed by atoms with E-state index in [-0.39, 0.29) is 6.54 Å². The lowest BCUT2D eigenvalue weighted by molar-refractivity contribution is -0.138. The highest BCUT2D eigenvalue weighted by Gasteiger charge is 2.09. The van der Waals surface area contributed by atoms with Crippen molar-refractivity contribution in [2.75, 3.05) is 13.1 Å². The third kappa shape index (κ3) is 4.09. The molecule has 1 atom stereocenters. The third-order valence-corrected chi connectivity index (χ3v) is 2.01. The maximum Gasteiger partial charge on any atom is 0.321 e. The minimum atomic E-state index is -0.986. The number of aliphatic carboxylic acids is 1. The molecule has 0 aliphatic heterocycles. The van der Waals surface area contributed by atoms with Gasteiger partial charge in [0.1, 0.15) is 6.04 Å². The number of carboxylic acid groups (broad SMARTS) is 1. The molecule has 0 aromatic carbocycles. The van der Waals surface area contributed by atoms with Gasteiger partial charge in [-0.2, -0.15) is 5.10 Å². The van der Waals surface area contributed by atoms with E-state index in [0.29, 0.717) is 6.54 Å². The van der Waals surface area contributed by atoms with Gasteiger partial charge in [0, 0.05) is 32.8 Å². The minimum absolute atomic E-state index is 0.280. The number of nitrogens with two attached hydrogens (primary N) is 1. The summed E-state index contributed by atoms with van der Waals surface area (Å²) in [7, 11) is 1.86. The van der Waals surface area contributed by atoms with Gasteiger partial charge in [0.05, 0.1) is 5.69 Å². The number of hydrogen-bond acceptors (Lipinski definition) is 4. The summed E-state index contributed by atoms with van der Waals surface area (Å²) in [6, 6.07) is 1.09. The second-order valence-electron chi connectivity index (χ2n) is 3.38. The van der Waals surface area contributed by atoms with Crippen LogP contribution < -0.4 is 11.1 Å². The van der Waals surface area contributed by atoms with E-state index in [1.54, 1.807) is 4.68 Å². The van der Waals surface area contributed by atoms with E-state index in [1.165, 1.54) is 0 Å². The molecule has 1 heterocycles. The predicted molar refractivity (Wildman–Crippen MR) is 55.4 cm³/mol. The quantitative estimate of drug-likeness (QED) is 0.524. The van der Waals surface area contributed by atoms with Crippen molar-refractivity contribution in [3.63, 3.8) is 0 Å². The molecule has 1 aromatic rings. The van der Waals surface area contributed by atoms with E-state index in [2.05, 4.69) is 10.4 Å². The van der Waals surface area contributed by atoms with Gasteiger partial charge >= 0.3 is 5.97 Å². The topological polar surface area (TPSA) is 93.2 Å². The molecule has 0 bridgehead atoms. The molecule has 0 aliphatic rings. The van der Waals surface area contributed by atoms with Crippen LogP contribution in [0.1, 0.15) is 5.69 Å². The van der Waals surface area contributed by atoms with Crippen LogP contribution in [0.25, 0.3) is 0 Å². The molecular formula is C9H16N4O2. The summed E-state index contributed by atoms with van der Waals surface area (Å²) in [6.07, 6.45) is 2.64. The maximum absolute atomic E-state index is 10.4. The van der Waals surface area contributed by atoms with Crippen molar-refractivity contribution in [1.82, 2.24) is 15.1 Å². The van der Waals surface area contributed by atoms with Gasteiger partial charge in [0.2, 0.25) is 0 Å². The van der Waals surface area contributed by atoms with Crippen LogP contribution in [0.15, 0.2) is 12.3 Å². The first kappa shape index (κ1) is 11.7. The van der Waals surface area contributed by atoms with Crippen LogP contribution in [0.3, 0.4) is 0 Å². The van der Waals surface area contributed by atoms with E-state index in [9.17, 15) is 4.79 Å². The zero-order valence-corrected chi connectivity index (χ0v) is 8.68. The molecule has 6 heteroatoms. The summed E-state index contributed by atoms with van der Waals surface area (Å²) in [5.74, 6) is -0.986. The van der Waals surface area contributed by atoms with Gasteiger partial charge in [-0.15, -0.1) is 0 Å². The lowest BCUT2D eigenvalue weighted by Gasteiger charge is -2.06. The van der Waals surface area contributed by atoms with Crippen molar-refractivity contribution in [2.24, 2.45) is 12.8 Å². The fourth-order valence-corrected chi connectivity index (χ4v) is 1.16. The zero-order valence-electron chi connectivity index (χ0n) is 8.68. The Morgan fingerprint density at radius 3 is 3.07 bits per heavy atom. The first-order valence-electron chi connectivity index (χ1n) is 4.77. The van der Waals surface area contributed by atoms with Gasteiger partial charge in [-0.3, -0.25) is 9.48 Å². The fraction of sp³-hybridized carbons (Fsp3) is 0.556. The monoisotopic (exact) mass is 212 g/mol. The Balaban J connectivity index is 2.14. The molecule has 0 amide bonds. The van der Waals surface area contributed by atoms with Crippen molar-refractivity contribution in [3.8, 4) is 0 Å². The molecule has 6 nitrogen and oxygen atoms in total. The van der Waals surface area contributed by atoms with E-state index in [0.717, 1.165) is 12.1 Å². The van der Waals surface area contributed by atoms with Crippen LogP contribution in [0, 0.1) is 0 Å². The number of rotatable bonds is 6. The first-order chi connectivity index (χ1) is 7.09. The first-order valence-corrected chi connectivity index (χ1v) is 4.77. The van der Waals surface area contributed by atoms with Crippen molar-refractivity contribution in [2.45, 2.75) is 12.5 Å². The number of carbonyl (C=O) groups is 1. The Morgan fingerprint density at radius 2 is 2.53 bits per heavy atom. The molecular weight excluding hydrogens is 196 g/mol. The number of hydrogen-bond donors (Lipinski definition) is 3. The highest BCUT2D eigenvalue weighted by molar-refractivity contribution is 5.73. The van der Waals surface area contributed by atoms with Crippen LogP contribution in [0.2, 0.25) is 0 Å². The summed E-state index contributed by atoms with van der Waals surface area (Å²) in [6.45, 7) is 0.958. The molecule has 0 radical (unpaired) electrons. The average Bonchev–Trinajstić information content (AvgIpc) is 2.58. The van der Waals surface area contributed by atoms with E-state index >= 15 is 0 Å². The van der Waals surface area contributed by atoms with E-state index in [4.69, 9.17) is 10.8 Å². The largest absolute Gasteiger partial charge is 0.480 e. The fourth-order valence-electron chi connectivity index (χ4n) is 1.16. The second kappa shape index (κ2) is 5.47. The van der Waals surface area contributed by atoms with Gasteiger partial charge in [-0.25, -0.2) is 0 Å². The standard InChI is InChI=1S/C9H16N4O2/c1-13-5-3-7(12-13)2-4-11-6-8(10)9(14)15/h3,5,8,11H,2,4,6,10H2,1H3,(H,14,15). The number of carboxylic acids is 1. The summed E-state index contributed by atoms with van der Waals surface area (Å²) in [5, 5.41) is 15.7.